The molecule has 0 aromatic rings. The summed E-state index contributed by atoms with van der Waals surface area (Å²) in [6, 6.07) is 0. The molecule has 0 rings (SSSR count). The van der Waals surface area contributed by atoms with Gasteiger partial charge in [0.05, 0.1) is 6.10 Å². The molecule has 0 aliphatic carbocycles. The van der Waals surface area contributed by atoms with Crippen LogP contribution in [0.5, 0.6) is 0 Å². The fourth-order valence-corrected chi connectivity index (χ4v) is 0.644. The topological polar surface area (TPSA) is 20.2 Å². The van der Waals surface area contributed by atoms with E-state index in [1.165, 1.54) is 6.42 Å². The molecule has 12 heavy (non-hydrogen) atoms. The average Bonchev–Trinajstić information content (AvgIpc) is 2.20. The van der Waals surface area contributed by atoms with Crippen molar-refractivity contribution >= 4 is 0 Å². The number of hydrogen-bond acceptors (Lipinski definition) is 1. The quantitative estimate of drug-likeness (QED) is 0.686. The van der Waals surface area contributed by atoms with Crippen LogP contribution in [0.3, 0.4) is 0 Å². The molecule has 0 fully saturated rings. The monoisotopic (exact) mass is 176 g/mol. The second-order valence-corrected chi connectivity index (χ2v) is 2.20. The molecule has 1 unspecified atom stereocenters. The summed E-state index contributed by atoms with van der Waals surface area (Å²) in [5, 5.41) is 8.99. The summed E-state index contributed by atoms with van der Waals surface area (Å²) >= 11 is 0. The molecule has 1 nitrogen and oxygen atoms in total. The Balaban J connectivity index is -0.000000175. The zero-order valence-corrected chi connectivity index (χ0v) is 9.85. The second kappa shape index (κ2) is 22.4. The minimum Gasteiger partial charge on any atom is -0.393 e. The fourth-order valence-electron chi connectivity index (χ4n) is 0.644. The van der Waals surface area contributed by atoms with Crippen molar-refractivity contribution in [1.29, 1.82) is 0 Å². The van der Waals surface area contributed by atoms with Crippen molar-refractivity contribution in [3.8, 4) is 0 Å². The number of aliphatic hydroxyl groups excluding tert-OH is 1. The second-order valence-electron chi connectivity index (χ2n) is 2.20. The molecule has 1 heteroatoms. The molecule has 0 saturated carbocycles. The Bertz CT molecular complexity index is 44.3. The molecule has 0 radical (unpaired) electrons. The molecule has 78 valence electrons. The lowest BCUT2D eigenvalue weighted by atomic mass is 10.1. The number of hydrogen-bond donors (Lipinski definition) is 1. The summed E-state index contributed by atoms with van der Waals surface area (Å²) in [5.74, 6) is 0. The lowest BCUT2D eigenvalue weighted by Gasteiger charge is -2.03. The Kier molecular flexibility index (Phi) is 33.5. The minimum absolute atomic E-state index is 0.0463. The molecule has 1 N–H and O–H groups in total. The Morgan fingerprint density at radius 3 is 1.67 bits per heavy atom. The lowest BCUT2D eigenvalue weighted by Crippen LogP contribution is -2.02. The fraction of sp³-hybridized carbons (Fsp3) is 1.00. The SMILES string of the molecule is CC.CC.CCCCC(O)CC. The summed E-state index contributed by atoms with van der Waals surface area (Å²) in [6.07, 6.45) is 4.19. The van der Waals surface area contributed by atoms with E-state index >= 15 is 0 Å². The lowest BCUT2D eigenvalue weighted by molar-refractivity contribution is 0.157. The molecule has 0 heterocycles. The molecule has 0 saturated heterocycles. The van der Waals surface area contributed by atoms with Crippen molar-refractivity contribution in [2.45, 2.75) is 73.3 Å². The van der Waals surface area contributed by atoms with Gasteiger partial charge in [-0.25, -0.2) is 0 Å². The third-order valence-electron chi connectivity index (χ3n) is 1.36. The van der Waals surface area contributed by atoms with Gasteiger partial charge in [-0.05, 0) is 12.8 Å². The van der Waals surface area contributed by atoms with Crippen LogP contribution >= 0.6 is 0 Å². The number of rotatable bonds is 4. The van der Waals surface area contributed by atoms with E-state index in [-0.39, 0.29) is 6.10 Å². The standard InChI is InChI=1S/C7H16O.2C2H6/c1-3-5-6-7(8)4-2;2*1-2/h7-8H,3-6H2,1-2H3;2*1-2H3. The molecule has 0 aromatic heterocycles. The molecular formula is C11H28O. The van der Waals surface area contributed by atoms with Crippen LogP contribution in [0.1, 0.15) is 67.2 Å². The normalized spacial score (nSPS) is 10.2. The van der Waals surface area contributed by atoms with E-state index in [0.717, 1.165) is 19.3 Å². The van der Waals surface area contributed by atoms with Gasteiger partial charge in [-0.3, -0.25) is 0 Å². The summed E-state index contributed by atoms with van der Waals surface area (Å²) in [5.41, 5.74) is 0. The Labute approximate surface area is 79.2 Å². The molecule has 0 aliphatic rings. The summed E-state index contributed by atoms with van der Waals surface area (Å²) in [7, 11) is 0. The van der Waals surface area contributed by atoms with Crippen molar-refractivity contribution in [1.82, 2.24) is 0 Å². The highest BCUT2D eigenvalue weighted by atomic mass is 16.3. The number of aliphatic hydroxyl groups is 1. The summed E-state index contributed by atoms with van der Waals surface area (Å²) in [6.45, 7) is 12.2. The summed E-state index contributed by atoms with van der Waals surface area (Å²) in [4.78, 5) is 0. The first kappa shape index (κ1) is 17.9. The molecule has 0 bridgehead atoms. The first-order valence-corrected chi connectivity index (χ1v) is 5.49. The minimum atomic E-state index is -0.0463. The zero-order chi connectivity index (χ0) is 10.4. The predicted molar refractivity (Wildman–Crippen MR) is 58.5 cm³/mol. The van der Waals surface area contributed by atoms with E-state index < -0.39 is 0 Å². The maximum atomic E-state index is 8.99. The molecular weight excluding hydrogens is 148 g/mol. The van der Waals surface area contributed by atoms with E-state index in [1.54, 1.807) is 0 Å². The third-order valence-corrected chi connectivity index (χ3v) is 1.36. The van der Waals surface area contributed by atoms with Crippen molar-refractivity contribution in [3.63, 3.8) is 0 Å². The maximum Gasteiger partial charge on any atom is 0.0537 e. The highest BCUT2D eigenvalue weighted by Gasteiger charge is 1.96. The third kappa shape index (κ3) is 22.5. The van der Waals surface area contributed by atoms with Crippen LogP contribution in [-0.4, -0.2) is 11.2 Å². The van der Waals surface area contributed by atoms with Gasteiger partial charge in [0, 0.05) is 0 Å². The highest BCUT2D eigenvalue weighted by Crippen LogP contribution is 2.02. The predicted octanol–water partition coefficient (Wildman–Crippen LogP) is 4.00. The van der Waals surface area contributed by atoms with Crippen LogP contribution in [0.4, 0.5) is 0 Å². The number of unbranched alkanes of at least 4 members (excludes halogenated alkanes) is 1. The van der Waals surface area contributed by atoms with Crippen LogP contribution < -0.4 is 0 Å². The van der Waals surface area contributed by atoms with Crippen molar-refractivity contribution in [2.24, 2.45) is 0 Å². The van der Waals surface area contributed by atoms with Gasteiger partial charge in [0.1, 0.15) is 0 Å². The van der Waals surface area contributed by atoms with Crippen LogP contribution in [0.15, 0.2) is 0 Å². The first-order valence-electron chi connectivity index (χ1n) is 5.49. The Hall–Kier alpha value is -0.0400. The zero-order valence-electron chi connectivity index (χ0n) is 9.85. The Morgan fingerprint density at radius 1 is 1.00 bits per heavy atom. The van der Waals surface area contributed by atoms with E-state index in [1.807, 2.05) is 34.6 Å². The van der Waals surface area contributed by atoms with Gasteiger partial charge < -0.3 is 5.11 Å². The van der Waals surface area contributed by atoms with Crippen molar-refractivity contribution < 1.29 is 5.11 Å². The molecule has 1 atom stereocenters. The van der Waals surface area contributed by atoms with Crippen LogP contribution in [0.25, 0.3) is 0 Å². The van der Waals surface area contributed by atoms with Crippen molar-refractivity contribution in [3.05, 3.63) is 0 Å². The smallest absolute Gasteiger partial charge is 0.0537 e. The van der Waals surface area contributed by atoms with Gasteiger partial charge in [0.2, 0.25) is 0 Å². The van der Waals surface area contributed by atoms with E-state index in [0.29, 0.717) is 0 Å². The van der Waals surface area contributed by atoms with Crippen LogP contribution in [0.2, 0.25) is 0 Å². The van der Waals surface area contributed by atoms with E-state index in [4.69, 9.17) is 5.11 Å². The van der Waals surface area contributed by atoms with Crippen molar-refractivity contribution in [2.75, 3.05) is 0 Å². The maximum absolute atomic E-state index is 8.99. The van der Waals surface area contributed by atoms with Gasteiger partial charge in [-0.2, -0.15) is 0 Å². The highest BCUT2D eigenvalue weighted by molar-refractivity contribution is 4.49. The van der Waals surface area contributed by atoms with Gasteiger partial charge >= 0.3 is 0 Å². The van der Waals surface area contributed by atoms with Crippen LogP contribution in [-0.2, 0) is 0 Å². The Morgan fingerprint density at radius 2 is 1.42 bits per heavy atom. The van der Waals surface area contributed by atoms with E-state index in [9.17, 15) is 0 Å². The van der Waals surface area contributed by atoms with Gasteiger partial charge in [-0.15, -0.1) is 0 Å². The van der Waals surface area contributed by atoms with E-state index in [2.05, 4.69) is 6.92 Å². The van der Waals surface area contributed by atoms with Gasteiger partial charge in [0.25, 0.3) is 0 Å². The van der Waals surface area contributed by atoms with Gasteiger partial charge in [0.15, 0.2) is 0 Å². The largest absolute Gasteiger partial charge is 0.393 e. The molecule has 0 aromatic carbocycles. The van der Waals surface area contributed by atoms with Crippen LogP contribution in [0, 0.1) is 0 Å². The van der Waals surface area contributed by atoms with Gasteiger partial charge in [-0.1, -0.05) is 54.4 Å². The average molecular weight is 176 g/mol. The molecule has 0 amide bonds. The molecule has 0 aliphatic heterocycles. The first-order chi connectivity index (χ1) is 5.81. The molecule has 0 spiro atoms. The summed E-state index contributed by atoms with van der Waals surface area (Å²) < 4.78 is 0.